The van der Waals surface area contributed by atoms with Gasteiger partial charge in [0.05, 0.1) is 19.8 Å². The van der Waals surface area contributed by atoms with Crippen LogP contribution in [-0.4, -0.2) is 49.9 Å². The fraction of sp³-hybridized carbons (Fsp3) is 0.694. The van der Waals surface area contributed by atoms with Crippen LogP contribution in [0, 0.1) is 0 Å². The molecule has 0 heterocycles. The standard InChI is InChI=1S/C36H64NO7P/c1-3-5-7-9-10-11-12-13-14-15-16-17-18-19-20-21-22-23-24-25-26-28-31-41-33-35(34-43-45(39,40)42-32-30-37)44-36(38)29-27-8-6-4-2/h5,7,10-11,13-14,16-17,19-20,35H,3-4,6,8-9,12,15,18,21-34,37H2,1-2H3,(H,39,40)/b7-5-,11-10-,14-13-,17-16-,20-19-. The quantitative estimate of drug-likeness (QED) is 0.0319. The molecule has 45 heavy (non-hydrogen) atoms. The SMILES string of the molecule is CC/C=C\C/C=C\C/C=C\C/C=C\C/C=C\CCCCCCCCOCC(COP(=O)(O)OCCN)OC(=O)CCCCCC. The minimum atomic E-state index is -4.26. The second kappa shape index (κ2) is 33.6. The van der Waals surface area contributed by atoms with Crippen molar-refractivity contribution >= 4 is 13.8 Å². The highest BCUT2D eigenvalue weighted by molar-refractivity contribution is 7.47. The number of carbonyl (C=O) groups is 1. The lowest BCUT2D eigenvalue weighted by atomic mass is 10.1. The van der Waals surface area contributed by atoms with Crippen molar-refractivity contribution in [1.82, 2.24) is 0 Å². The maximum atomic E-state index is 12.2. The molecular formula is C36H64NO7P. The summed E-state index contributed by atoms with van der Waals surface area (Å²) in [5.41, 5.74) is 5.31. The zero-order chi connectivity index (χ0) is 33.1. The highest BCUT2D eigenvalue weighted by Crippen LogP contribution is 2.43. The molecule has 0 spiro atoms. The van der Waals surface area contributed by atoms with Crippen LogP contribution in [0.3, 0.4) is 0 Å². The molecule has 0 aliphatic rings. The Morgan fingerprint density at radius 1 is 0.689 bits per heavy atom. The summed E-state index contributed by atoms with van der Waals surface area (Å²) in [6, 6.07) is 0. The molecule has 3 N–H and O–H groups in total. The van der Waals surface area contributed by atoms with Crippen LogP contribution >= 0.6 is 7.82 Å². The lowest BCUT2D eigenvalue weighted by Crippen LogP contribution is -2.28. The molecule has 2 unspecified atom stereocenters. The van der Waals surface area contributed by atoms with Crippen LogP contribution in [0.15, 0.2) is 60.8 Å². The molecule has 0 aliphatic heterocycles. The van der Waals surface area contributed by atoms with Gasteiger partial charge in [0.1, 0.15) is 6.10 Å². The van der Waals surface area contributed by atoms with Crippen molar-refractivity contribution in [2.45, 2.75) is 129 Å². The van der Waals surface area contributed by atoms with Crippen molar-refractivity contribution in [3.8, 4) is 0 Å². The first-order valence-corrected chi connectivity index (χ1v) is 18.8. The summed E-state index contributed by atoms with van der Waals surface area (Å²) < 4.78 is 32.9. The van der Waals surface area contributed by atoms with E-state index >= 15 is 0 Å². The van der Waals surface area contributed by atoms with Crippen molar-refractivity contribution in [3.63, 3.8) is 0 Å². The number of hydrogen-bond donors (Lipinski definition) is 2. The van der Waals surface area contributed by atoms with Crippen LogP contribution in [0.2, 0.25) is 0 Å². The second-order valence-electron chi connectivity index (χ2n) is 11.0. The lowest BCUT2D eigenvalue weighted by molar-refractivity contribution is -0.154. The van der Waals surface area contributed by atoms with Crippen molar-refractivity contribution < 1.29 is 32.8 Å². The number of ether oxygens (including phenoxy) is 2. The zero-order valence-electron chi connectivity index (χ0n) is 28.3. The molecule has 0 fully saturated rings. The maximum Gasteiger partial charge on any atom is 0.472 e. The predicted octanol–water partition coefficient (Wildman–Crippen LogP) is 9.46. The van der Waals surface area contributed by atoms with Crippen LogP contribution < -0.4 is 5.73 Å². The summed E-state index contributed by atoms with van der Waals surface area (Å²) in [5.74, 6) is -0.358. The van der Waals surface area contributed by atoms with Gasteiger partial charge in [0.25, 0.3) is 0 Å². The van der Waals surface area contributed by atoms with Gasteiger partial charge in [-0.2, -0.15) is 0 Å². The molecule has 0 amide bonds. The molecule has 2 atom stereocenters. The number of hydrogen-bond acceptors (Lipinski definition) is 7. The van der Waals surface area contributed by atoms with Crippen LogP contribution in [0.4, 0.5) is 0 Å². The fourth-order valence-corrected chi connectivity index (χ4v) is 4.96. The number of rotatable bonds is 32. The van der Waals surface area contributed by atoms with E-state index in [1.54, 1.807) is 0 Å². The van der Waals surface area contributed by atoms with E-state index < -0.39 is 13.9 Å². The van der Waals surface area contributed by atoms with Crippen molar-refractivity contribution in [3.05, 3.63) is 60.8 Å². The summed E-state index contributed by atoms with van der Waals surface area (Å²) in [4.78, 5) is 22.0. The van der Waals surface area contributed by atoms with Gasteiger partial charge < -0.3 is 20.1 Å². The summed E-state index contributed by atoms with van der Waals surface area (Å²) in [5, 5.41) is 0. The first-order chi connectivity index (χ1) is 21.9. The van der Waals surface area contributed by atoms with Gasteiger partial charge in [-0.1, -0.05) is 120 Å². The Kier molecular flexibility index (Phi) is 32.2. The van der Waals surface area contributed by atoms with E-state index in [0.29, 0.717) is 13.0 Å². The molecular weight excluding hydrogens is 589 g/mol. The zero-order valence-corrected chi connectivity index (χ0v) is 29.2. The highest BCUT2D eigenvalue weighted by Gasteiger charge is 2.25. The summed E-state index contributed by atoms with van der Waals surface area (Å²) in [6.07, 6.45) is 38.6. The first kappa shape index (κ1) is 43.2. The molecule has 0 aromatic heterocycles. The first-order valence-electron chi connectivity index (χ1n) is 17.3. The van der Waals surface area contributed by atoms with Crippen molar-refractivity contribution in [2.24, 2.45) is 5.73 Å². The Balaban J connectivity index is 3.94. The molecule has 8 nitrogen and oxygen atoms in total. The molecule has 0 aromatic carbocycles. The third-order valence-electron chi connectivity index (χ3n) is 6.70. The van der Waals surface area contributed by atoms with E-state index in [2.05, 4.69) is 74.6 Å². The second-order valence-corrected chi connectivity index (χ2v) is 12.5. The van der Waals surface area contributed by atoms with Gasteiger partial charge >= 0.3 is 13.8 Å². The normalized spacial score (nSPS) is 14.5. The van der Waals surface area contributed by atoms with E-state index in [1.165, 1.54) is 19.3 Å². The van der Waals surface area contributed by atoms with Gasteiger partial charge in [-0.15, -0.1) is 0 Å². The third kappa shape index (κ3) is 33.4. The van der Waals surface area contributed by atoms with E-state index in [9.17, 15) is 14.3 Å². The van der Waals surface area contributed by atoms with Gasteiger partial charge in [0.2, 0.25) is 0 Å². The third-order valence-corrected chi connectivity index (χ3v) is 7.68. The Hall–Kier alpha value is -1.80. The summed E-state index contributed by atoms with van der Waals surface area (Å²) >= 11 is 0. The Bertz CT molecular complexity index is 869. The van der Waals surface area contributed by atoms with Gasteiger partial charge in [-0.05, 0) is 57.8 Å². The van der Waals surface area contributed by atoms with Crippen LogP contribution in [0.1, 0.15) is 123 Å². The number of allylic oxidation sites excluding steroid dienone is 10. The monoisotopic (exact) mass is 653 g/mol. The van der Waals surface area contributed by atoms with Crippen molar-refractivity contribution in [2.75, 3.05) is 33.0 Å². The Morgan fingerprint density at radius 3 is 1.84 bits per heavy atom. The number of unbranched alkanes of at least 4 members (excludes halogenated alkanes) is 9. The molecule has 0 radical (unpaired) electrons. The summed E-state index contributed by atoms with van der Waals surface area (Å²) in [7, 11) is -4.26. The number of esters is 1. The Labute approximate surface area is 274 Å². The molecule has 0 aliphatic carbocycles. The largest absolute Gasteiger partial charge is 0.472 e. The molecule has 0 bridgehead atoms. The maximum absolute atomic E-state index is 12.2. The minimum absolute atomic E-state index is 0.0947. The van der Waals surface area contributed by atoms with E-state index in [4.69, 9.17) is 24.3 Å². The number of phosphoric ester groups is 1. The van der Waals surface area contributed by atoms with Crippen molar-refractivity contribution in [1.29, 1.82) is 0 Å². The Morgan fingerprint density at radius 2 is 1.24 bits per heavy atom. The van der Waals surface area contributed by atoms with E-state index in [0.717, 1.165) is 83.5 Å². The predicted molar refractivity (Wildman–Crippen MR) is 187 cm³/mol. The van der Waals surface area contributed by atoms with Crippen LogP contribution in [-0.2, 0) is 27.9 Å². The van der Waals surface area contributed by atoms with E-state index in [1.807, 2.05) is 0 Å². The van der Waals surface area contributed by atoms with Crippen LogP contribution in [0.25, 0.3) is 0 Å². The smallest absolute Gasteiger partial charge is 0.457 e. The van der Waals surface area contributed by atoms with Crippen LogP contribution in [0.5, 0.6) is 0 Å². The number of carbonyl (C=O) groups excluding carboxylic acids is 1. The highest BCUT2D eigenvalue weighted by atomic mass is 31.2. The minimum Gasteiger partial charge on any atom is -0.457 e. The van der Waals surface area contributed by atoms with Gasteiger partial charge in [0, 0.05) is 19.6 Å². The summed E-state index contributed by atoms with van der Waals surface area (Å²) in [6.45, 7) is 4.61. The molecule has 9 heteroatoms. The number of nitrogens with two attached hydrogens (primary N) is 1. The average Bonchev–Trinajstić information content (AvgIpc) is 3.03. The van der Waals surface area contributed by atoms with E-state index in [-0.39, 0.29) is 32.3 Å². The molecule has 0 saturated heterocycles. The topological polar surface area (TPSA) is 117 Å². The molecule has 0 rings (SSSR count). The average molecular weight is 654 g/mol. The van der Waals surface area contributed by atoms with Gasteiger partial charge in [-0.25, -0.2) is 4.57 Å². The molecule has 260 valence electrons. The lowest BCUT2D eigenvalue weighted by Gasteiger charge is -2.20. The number of phosphoric acid groups is 1. The molecule has 0 aromatic rings. The van der Waals surface area contributed by atoms with Gasteiger partial charge in [0.15, 0.2) is 0 Å². The van der Waals surface area contributed by atoms with Gasteiger partial charge in [-0.3, -0.25) is 13.8 Å². The fourth-order valence-electron chi connectivity index (χ4n) is 4.20. The molecule has 0 saturated carbocycles.